The maximum Gasteiger partial charge on any atom is 0.226 e. The summed E-state index contributed by atoms with van der Waals surface area (Å²) < 4.78 is 7.89. The van der Waals surface area contributed by atoms with Crippen LogP contribution in [0.2, 0.25) is 5.02 Å². The van der Waals surface area contributed by atoms with E-state index in [-0.39, 0.29) is 5.92 Å². The molecular formula is C20H26ClN5OS. The molecule has 28 heavy (non-hydrogen) atoms. The summed E-state index contributed by atoms with van der Waals surface area (Å²) in [5.74, 6) is 2.95. The van der Waals surface area contributed by atoms with Gasteiger partial charge in [-0.15, -0.1) is 20.4 Å². The van der Waals surface area contributed by atoms with Crippen LogP contribution in [-0.4, -0.2) is 25.0 Å². The van der Waals surface area contributed by atoms with Crippen molar-refractivity contribution in [3.8, 4) is 11.4 Å². The normalized spacial score (nSPS) is 11.5. The van der Waals surface area contributed by atoms with Gasteiger partial charge in [-0.3, -0.25) is 0 Å². The van der Waals surface area contributed by atoms with E-state index in [1.165, 1.54) is 19.3 Å². The van der Waals surface area contributed by atoms with Crippen molar-refractivity contribution in [3.63, 3.8) is 0 Å². The van der Waals surface area contributed by atoms with Crippen LogP contribution in [0.4, 0.5) is 0 Å². The first kappa shape index (κ1) is 20.9. The Morgan fingerprint density at radius 1 is 1.04 bits per heavy atom. The van der Waals surface area contributed by atoms with E-state index in [2.05, 4.69) is 31.9 Å². The number of nitrogens with zero attached hydrogens (tertiary/aromatic N) is 5. The Balaban J connectivity index is 1.77. The third-order valence-electron chi connectivity index (χ3n) is 4.36. The molecule has 0 bridgehead atoms. The fourth-order valence-corrected chi connectivity index (χ4v) is 3.72. The molecule has 0 atom stereocenters. The molecule has 2 heterocycles. The van der Waals surface area contributed by atoms with Crippen LogP contribution in [-0.2, 0) is 12.3 Å². The summed E-state index contributed by atoms with van der Waals surface area (Å²) in [6.07, 6.45) is 4.74. The van der Waals surface area contributed by atoms with Gasteiger partial charge in [0.15, 0.2) is 11.0 Å². The summed E-state index contributed by atoms with van der Waals surface area (Å²) in [5, 5.41) is 18.7. The number of thioether (sulfide) groups is 1. The Hall–Kier alpha value is -1.86. The molecule has 0 aliphatic heterocycles. The Bertz CT molecular complexity index is 875. The molecule has 0 amide bonds. The van der Waals surface area contributed by atoms with Crippen molar-refractivity contribution in [3.05, 3.63) is 41.1 Å². The summed E-state index contributed by atoms with van der Waals surface area (Å²) in [5.41, 5.74) is 1.01. The third kappa shape index (κ3) is 5.35. The van der Waals surface area contributed by atoms with E-state index in [1.54, 1.807) is 11.8 Å². The van der Waals surface area contributed by atoms with E-state index in [1.807, 2.05) is 38.1 Å². The fraction of sp³-hybridized carbons (Fsp3) is 0.500. The number of hydrogen-bond donors (Lipinski definition) is 0. The minimum absolute atomic E-state index is 0.227. The van der Waals surface area contributed by atoms with Crippen molar-refractivity contribution in [2.45, 2.75) is 69.8 Å². The maximum atomic E-state index is 6.03. The van der Waals surface area contributed by atoms with Crippen LogP contribution in [0.25, 0.3) is 11.4 Å². The standard InChI is InChI=1S/C20H26ClN5OS/c1-4-5-6-7-12-26-18(15-8-10-16(21)11-9-15)23-25-20(26)28-13-17-22-24-19(27-17)14(2)3/h8-11,14H,4-7,12-13H2,1-3H3. The summed E-state index contributed by atoms with van der Waals surface area (Å²) in [4.78, 5) is 0. The van der Waals surface area contributed by atoms with E-state index in [0.717, 1.165) is 29.5 Å². The second-order valence-corrected chi connectivity index (χ2v) is 8.38. The van der Waals surface area contributed by atoms with Gasteiger partial charge in [-0.05, 0) is 30.7 Å². The number of benzene rings is 1. The number of aromatic nitrogens is 5. The Labute approximate surface area is 175 Å². The number of unbranched alkanes of at least 4 members (excludes halogenated alkanes) is 3. The molecule has 0 saturated heterocycles. The first-order chi connectivity index (χ1) is 13.6. The van der Waals surface area contributed by atoms with Gasteiger partial charge in [-0.25, -0.2) is 0 Å². The van der Waals surface area contributed by atoms with Gasteiger partial charge in [-0.1, -0.05) is 63.4 Å². The lowest BCUT2D eigenvalue weighted by Crippen LogP contribution is -2.03. The average molecular weight is 420 g/mol. The predicted octanol–water partition coefficient (Wildman–Crippen LogP) is 5.98. The maximum absolute atomic E-state index is 6.03. The zero-order valence-electron chi connectivity index (χ0n) is 16.6. The molecule has 0 fully saturated rings. The smallest absolute Gasteiger partial charge is 0.226 e. The van der Waals surface area contributed by atoms with Gasteiger partial charge in [0.05, 0.1) is 5.75 Å². The van der Waals surface area contributed by atoms with Crippen molar-refractivity contribution < 1.29 is 4.42 Å². The van der Waals surface area contributed by atoms with Crippen LogP contribution in [0, 0.1) is 0 Å². The van der Waals surface area contributed by atoms with Gasteiger partial charge in [0.25, 0.3) is 0 Å². The van der Waals surface area contributed by atoms with Gasteiger partial charge in [0.2, 0.25) is 11.8 Å². The van der Waals surface area contributed by atoms with Crippen molar-refractivity contribution in [1.29, 1.82) is 0 Å². The van der Waals surface area contributed by atoms with E-state index >= 15 is 0 Å². The monoisotopic (exact) mass is 419 g/mol. The number of halogens is 1. The van der Waals surface area contributed by atoms with Crippen molar-refractivity contribution in [2.75, 3.05) is 0 Å². The second kappa shape index (κ2) is 10.1. The lowest BCUT2D eigenvalue weighted by atomic mass is 10.2. The highest BCUT2D eigenvalue weighted by molar-refractivity contribution is 7.98. The summed E-state index contributed by atoms with van der Waals surface area (Å²) in [6.45, 7) is 7.18. The highest BCUT2D eigenvalue weighted by Gasteiger charge is 2.16. The van der Waals surface area contributed by atoms with Crippen LogP contribution in [0.3, 0.4) is 0 Å². The number of rotatable bonds is 10. The molecule has 0 unspecified atom stereocenters. The van der Waals surface area contributed by atoms with E-state index in [4.69, 9.17) is 16.0 Å². The zero-order chi connectivity index (χ0) is 19.9. The highest BCUT2D eigenvalue weighted by atomic mass is 35.5. The molecule has 0 N–H and O–H groups in total. The Morgan fingerprint density at radius 2 is 1.82 bits per heavy atom. The van der Waals surface area contributed by atoms with E-state index < -0.39 is 0 Å². The molecule has 6 nitrogen and oxygen atoms in total. The molecule has 0 aliphatic rings. The molecule has 3 rings (SSSR count). The zero-order valence-corrected chi connectivity index (χ0v) is 18.1. The van der Waals surface area contributed by atoms with Gasteiger partial charge >= 0.3 is 0 Å². The molecule has 8 heteroatoms. The minimum atomic E-state index is 0.227. The van der Waals surface area contributed by atoms with Gasteiger partial charge < -0.3 is 8.98 Å². The van der Waals surface area contributed by atoms with Crippen molar-refractivity contribution in [2.24, 2.45) is 0 Å². The topological polar surface area (TPSA) is 69.6 Å². The molecule has 0 radical (unpaired) electrons. The lowest BCUT2D eigenvalue weighted by Gasteiger charge is -2.10. The summed E-state index contributed by atoms with van der Waals surface area (Å²) >= 11 is 7.61. The van der Waals surface area contributed by atoms with Crippen LogP contribution in [0.1, 0.15) is 64.2 Å². The molecular weight excluding hydrogens is 394 g/mol. The molecule has 2 aromatic heterocycles. The fourth-order valence-electron chi connectivity index (χ4n) is 2.79. The lowest BCUT2D eigenvalue weighted by molar-refractivity contribution is 0.445. The van der Waals surface area contributed by atoms with Gasteiger partial charge in [0, 0.05) is 23.0 Å². The van der Waals surface area contributed by atoms with Crippen LogP contribution < -0.4 is 0 Å². The van der Waals surface area contributed by atoms with Crippen LogP contribution in [0.5, 0.6) is 0 Å². The van der Waals surface area contributed by atoms with E-state index in [0.29, 0.717) is 22.6 Å². The van der Waals surface area contributed by atoms with Crippen LogP contribution in [0.15, 0.2) is 33.8 Å². The Morgan fingerprint density at radius 3 is 2.50 bits per heavy atom. The Kier molecular flexibility index (Phi) is 7.50. The van der Waals surface area contributed by atoms with Gasteiger partial charge in [-0.2, -0.15) is 0 Å². The SMILES string of the molecule is CCCCCCn1c(SCc2nnc(C(C)C)o2)nnc1-c1ccc(Cl)cc1. The molecule has 0 spiro atoms. The highest BCUT2D eigenvalue weighted by Crippen LogP contribution is 2.28. The quantitative estimate of drug-likeness (QED) is 0.297. The van der Waals surface area contributed by atoms with Crippen molar-refractivity contribution >= 4 is 23.4 Å². The van der Waals surface area contributed by atoms with Gasteiger partial charge in [0.1, 0.15) is 0 Å². The summed E-state index contributed by atoms with van der Waals surface area (Å²) in [7, 11) is 0. The average Bonchev–Trinajstić information content (AvgIpc) is 3.31. The van der Waals surface area contributed by atoms with Crippen LogP contribution >= 0.6 is 23.4 Å². The minimum Gasteiger partial charge on any atom is -0.424 e. The second-order valence-electron chi connectivity index (χ2n) is 7.00. The third-order valence-corrected chi connectivity index (χ3v) is 5.56. The first-order valence-corrected chi connectivity index (χ1v) is 11.1. The van der Waals surface area contributed by atoms with E-state index in [9.17, 15) is 0 Å². The molecule has 3 aromatic rings. The predicted molar refractivity (Wildman–Crippen MR) is 113 cm³/mol. The van der Waals surface area contributed by atoms with Crippen molar-refractivity contribution in [1.82, 2.24) is 25.0 Å². The molecule has 0 saturated carbocycles. The number of hydrogen-bond acceptors (Lipinski definition) is 6. The molecule has 1 aromatic carbocycles. The molecule has 0 aliphatic carbocycles. The largest absolute Gasteiger partial charge is 0.424 e. The first-order valence-electron chi connectivity index (χ1n) is 9.72. The summed E-state index contributed by atoms with van der Waals surface area (Å²) in [6, 6.07) is 7.73. The molecule has 150 valence electrons.